The van der Waals surface area contributed by atoms with Gasteiger partial charge in [0.2, 0.25) is 17.7 Å². The second-order valence-corrected chi connectivity index (χ2v) is 9.32. The summed E-state index contributed by atoms with van der Waals surface area (Å²) in [4.78, 5) is 26.0. The van der Waals surface area contributed by atoms with Gasteiger partial charge in [-0.3, -0.25) is 4.79 Å². The van der Waals surface area contributed by atoms with E-state index in [-0.39, 0.29) is 5.91 Å². The molecule has 0 bridgehead atoms. The number of ether oxygens (including phenoxy) is 1. The molecule has 8 nitrogen and oxygen atoms in total. The third-order valence-electron chi connectivity index (χ3n) is 6.49. The summed E-state index contributed by atoms with van der Waals surface area (Å²) in [6.07, 6.45) is 6.96. The Labute approximate surface area is 216 Å². The zero-order valence-corrected chi connectivity index (χ0v) is 21.3. The Balaban J connectivity index is 1.47. The van der Waals surface area contributed by atoms with E-state index in [9.17, 15) is 4.79 Å². The van der Waals surface area contributed by atoms with Crippen molar-refractivity contribution in [3.63, 3.8) is 0 Å². The van der Waals surface area contributed by atoms with Crippen molar-refractivity contribution in [1.29, 1.82) is 0 Å². The summed E-state index contributed by atoms with van der Waals surface area (Å²) in [6, 6.07) is 15.9. The van der Waals surface area contributed by atoms with Crippen LogP contribution in [0.15, 0.2) is 60.9 Å². The number of aryl methyl sites for hydroxylation is 1. The lowest BCUT2D eigenvalue weighted by Gasteiger charge is -2.23. The summed E-state index contributed by atoms with van der Waals surface area (Å²) in [7, 11) is 0. The Morgan fingerprint density at radius 3 is 2.84 bits per heavy atom. The van der Waals surface area contributed by atoms with Crippen molar-refractivity contribution in [2.75, 3.05) is 23.7 Å². The van der Waals surface area contributed by atoms with E-state index < -0.39 is 0 Å². The van der Waals surface area contributed by atoms with Crippen LogP contribution in [0.2, 0.25) is 0 Å². The Morgan fingerprint density at radius 1 is 1.08 bits per heavy atom. The Morgan fingerprint density at radius 2 is 2.00 bits per heavy atom. The molecule has 3 heterocycles. The lowest BCUT2D eigenvalue weighted by atomic mass is 10.0. The second kappa shape index (κ2) is 11.3. The van der Waals surface area contributed by atoms with Gasteiger partial charge >= 0.3 is 0 Å². The molecule has 190 valence electrons. The van der Waals surface area contributed by atoms with Gasteiger partial charge in [0.1, 0.15) is 5.75 Å². The Kier molecular flexibility index (Phi) is 7.56. The van der Waals surface area contributed by atoms with E-state index in [0.29, 0.717) is 30.0 Å². The molecule has 4 aromatic rings. The summed E-state index contributed by atoms with van der Waals surface area (Å²) in [5, 5.41) is 11.7. The minimum atomic E-state index is 0.00207. The largest absolute Gasteiger partial charge is 0.437 e. The second-order valence-electron chi connectivity index (χ2n) is 9.32. The predicted octanol–water partition coefficient (Wildman–Crippen LogP) is 5.70. The molecule has 3 N–H and O–H groups in total. The van der Waals surface area contributed by atoms with Gasteiger partial charge in [-0.05, 0) is 62.6 Å². The molecule has 2 aromatic heterocycles. The predicted molar refractivity (Wildman–Crippen MR) is 147 cm³/mol. The highest BCUT2D eigenvalue weighted by Crippen LogP contribution is 2.38. The average Bonchev–Trinajstić information content (AvgIpc) is 2.91. The number of hydrogen-bond acceptors (Lipinski definition) is 7. The number of fused-ring (bicyclic) bond motifs is 1. The molecule has 2 aromatic carbocycles. The van der Waals surface area contributed by atoms with E-state index in [1.807, 2.05) is 62.4 Å². The fourth-order valence-corrected chi connectivity index (χ4v) is 4.62. The van der Waals surface area contributed by atoms with E-state index in [4.69, 9.17) is 9.72 Å². The van der Waals surface area contributed by atoms with Crippen LogP contribution in [0.3, 0.4) is 0 Å². The number of nitrogens with zero attached hydrogens (tertiary/aromatic N) is 3. The smallest absolute Gasteiger partial charge is 0.228 e. The van der Waals surface area contributed by atoms with Gasteiger partial charge in [0.25, 0.3) is 0 Å². The van der Waals surface area contributed by atoms with Crippen molar-refractivity contribution < 1.29 is 9.53 Å². The minimum absolute atomic E-state index is 0.00207. The average molecular weight is 497 g/mol. The van der Waals surface area contributed by atoms with Crippen molar-refractivity contribution >= 4 is 28.3 Å². The summed E-state index contributed by atoms with van der Waals surface area (Å²) in [5.41, 5.74) is 3.25. The van der Waals surface area contributed by atoms with Crippen LogP contribution in [0, 0.1) is 6.92 Å². The molecule has 0 radical (unpaired) electrons. The fraction of sp³-hybridized carbons (Fsp3) is 0.310. The number of carbonyl (C=O) groups excluding carboxylic acids is 1. The maximum absolute atomic E-state index is 12.3. The number of rotatable bonds is 8. The maximum atomic E-state index is 12.3. The number of nitrogens with one attached hydrogen (secondary N) is 3. The van der Waals surface area contributed by atoms with E-state index in [0.717, 1.165) is 65.6 Å². The van der Waals surface area contributed by atoms with E-state index >= 15 is 0 Å². The highest BCUT2D eigenvalue weighted by atomic mass is 16.5. The van der Waals surface area contributed by atoms with Crippen molar-refractivity contribution in [3.8, 4) is 22.9 Å². The number of amides is 1. The molecule has 1 atom stereocenters. The molecular weight excluding hydrogens is 464 g/mol. The molecule has 8 heteroatoms. The van der Waals surface area contributed by atoms with Crippen LogP contribution in [-0.4, -0.2) is 40.0 Å². The molecule has 0 aliphatic carbocycles. The van der Waals surface area contributed by atoms with E-state index in [1.165, 1.54) is 0 Å². The van der Waals surface area contributed by atoms with Crippen molar-refractivity contribution in [3.05, 3.63) is 66.5 Å². The molecule has 37 heavy (non-hydrogen) atoms. The first kappa shape index (κ1) is 24.6. The number of benzene rings is 2. The van der Waals surface area contributed by atoms with Crippen LogP contribution in [-0.2, 0) is 4.79 Å². The van der Waals surface area contributed by atoms with Gasteiger partial charge in [0, 0.05) is 47.9 Å². The number of anilines is 2. The molecule has 1 aliphatic heterocycles. The molecule has 1 fully saturated rings. The minimum Gasteiger partial charge on any atom is -0.437 e. The first-order valence-corrected chi connectivity index (χ1v) is 12.9. The van der Waals surface area contributed by atoms with Crippen LogP contribution < -0.4 is 20.7 Å². The number of aromatic nitrogens is 3. The Hall–Kier alpha value is -4.04. The molecule has 0 unspecified atom stereocenters. The third-order valence-corrected chi connectivity index (χ3v) is 6.49. The van der Waals surface area contributed by atoms with Gasteiger partial charge in [-0.2, -0.15) is 0 Å². The fourth-order valence-electron chi connectivity index (χ4n) is 4.62. The van der Waals surface area contributed by atoms with Crippen LogP contribution in [0.1, 0.15) is 38.2 Å². The van der Waals surface area contributed by atoms with Crippen LogP contribution in [0.5, 0.6) is 11.6 Å². The van der Waals surface area contributed by atoms with E-state index in [1.54, 1.807) is 12.4 Å². The van der Waals surface area contributed by atoms with Crippen molar-refractivity contribution in [1.82, 2.24) is 20.3 Å². The molecule has 0 saturated carbocycles. The lowest BCUT2D eigenvalue weighted by molar-refractivity contribution is -0.116. The summed E-state index contributed by atoms with van der Waals surface area (Å²) in [5.74, 6) is 1.75. The number of piperidine rings is 1. The Bertz CT molecular complexity index is 1400. The number of carbonyl (C=O) groups is 1. The zero-order valence-electron chi connectivity index (χ0n) is 21.3. The first-order chi connectivity index (χ1) is 18.1. The van der Waals surface area contributed by atoms with Gasteiger partial charge in [0.15, 0.2) is 0 Å². The molecule has 1 saturated heterocycles. The monoisotopic (exact) mass is 496 g/mol. The van der Waals surface area contributed by atoms with Gasteiger partial charge in [-0.25, -0.2) is 15.0 Å². The van der Waals surface area contributed by atoms with Gasteiger partial charge < -0.3 is 20.7 Å². The lowest BCUT2D eigenvalue weighted by Crippen LogP contribution is -2.38. The van der Waals surface area contributed by atoms with Gasteiger partial charge in [-0.1, -0.05) is 31.2 Å². The molecule has 5 rings (SSSR count). The van der Waals surface area contributed by atoms with Crippen molar-refractivity contribution in [2.45, 2.75) is 45.6 Å². The topological polar surface area (TPSA) is 101 Å². The van der Waals surface area contributed by atoms with E-state index in [2.05, 4.69) is 25.9 Å². The standard InChI is InChI=1S/C29H32N6O2/c1-3-7-26(36)34-24-11-4-9-22-21(24)13-12-19(2)27(22)37-28-23(10-6-16-31-28)25-14-17-32-29(35-25)33-20-8-5-15-30-18-20/h4,6,9-14,16-17,20,30H,3,5,7-8,15,18H2,1-2H3,(H,34,36)(H,32,33,35)/t20-/m0/s1. The van der Waals surface area contributed by atoms with Crippen molar-refractivity contribution in [2.24, 2.45) is 0 Å². The van der Waals surface area contributed by atoms with Gasteiger partial charge in [-0.15, -0.1) is 0 Å². The van der Waals surface area contributed by atoms with Crippen LogP contribution in [0.4, 0.5) is 11.6 Å². The maximum Gasteiger partial charge on any atom is 0.228 e. The normalized spacial score (nSPS) is 15.4. The van der Waals surface area contributed by atoms with Crippen LogP contribution in [0.25, 0.3) is 22.0 Å². The quantitative estimate of drug-likeness (QED) is 0.288. The molecular formula is C29H32N6O2. The highest BCUT2D eigenvalue weighted by molar-refractivity contribution is 6.04. The zero-order chi connectivity index (χ0) is 25.6. The summed E-state index contributed by atoms with van der Waals surface area (Å²) >= 11 is 0. The summed E-state index contributed by atoms with van der Waals surface area (Å²) in [6.45, 7) is 5.95. The SMILES string of the molecule is CCCC(=O)Nc1cccc2c(Oc3ncccc3-c3ccnc(N[C@H]4CCCNC4)n3)c(C)ccc12. The van der Waals surface area contributed by atoms with Gasteiger partial charge in [0.05, 0.1) is 11.3 Å². The summed E-state index contributed by atoms with van der Waals surface area (Å²) < 4.78 is 6.49. The number of pyridine rings is 1. The molecule has 0 spiro atoms. The highest BCUT2D eigenvalue weighted by Gasteiger charge is 2.17. The third kappa shape index (κ3) is 5.70. The molecule has 1 amide bonds. The van der Waals surface area contributed by atoms with Crippen LogP contribution >= 0.6 is 0 Å². The number of hydrogen-bond donors (Lipinski definition) is 3. The molecule has 1 aliphatic rings. The first-order valence-electron chi connectivity index (χ1n) is 12.9.